The molecular weight excluding hydrogens is 268 g/mol. The van der Waals surface area contributed by atoms with Crippen LogP contribution in [0.1, 0.15) is 31.2 Å². The summed E-state index contributed by atoms with van der Waals surface area (Å²) in [4.78, 5) is 0. The maximum atomic E-state index is 9.16. The smallest absolute Gasteiger partial charge is 0.122 e. The van der Waals surface area contributed by atoms with Crippen molar-refractivity contribution in [3.05, 3.63) is 29.8 Å². The monoisotopic (exact) mass is 292 g/mol. The van der Waals surface area contributed by atoms with Crippen molar-refractivity contribution in [2.75, 3.05) is 26.4 Å². The van der Waals surface area contributed by atoms with Gasteiger partial charge in [0, 0.05) is 32.7 Å². The van der Waals surface area contributed by atoms with E-state index in [0.29, 0.717) is 6.42 Å². The van der Waals surface area contributed by atoms with Gasteiger partial charge < -0.3 is 19.3 Å². The van der Waals surface area contributed by atoms with Crippen LogP contribution in [0, 0.1) is 0 Å². The molecule has 4 nitrogen and oxygen atoms in total. The minimum Gasteiger partial charge on any atom is -0.490 e. The van der Waals surface area contributed by atoms with Crippen molar-refractivity contribution in [3.63, 3.8) is 0 Å². The molecule has 1 unspecified atom stereocenters. The maximum Gasteiger partial charge on any atom is 0.122 e. The second-order valence-corrected chi connectivity index (χ2v) is 5.96. The van der Waals surface area contributed by atoms with Crippen molar-refractivity contribution < 1.29 is 19.3 Å². The summed E-state index contributed by atoms with van der Waals surface area (Å²) in [6.45, 7) is 2.48. The molecule has 2 fully saturated rings. The predicted molar refractivity (Wildman–Crippen MR) is 79.6 cm³/mol. The zero-order valence-electron chi connectivity index (χ0n) is 12.4. The fourth-order valence-electron chi connectivity index (χ4n) is 3.30. The van der Waals surface area contributed by atoms with Crippen LogP contribution in [0.25, 0.3) is 0 Å². The van der Waals surface area contributed by atoms with Gasteiger partial charge in [0.25, 0.3) is 0 Å². The Morgan fingerprint density at radius 2 is 2.00 bits per heavy atom. The molecule has 21 heavy (non-hydrogen) atoms. The lowest BCUT2D eigenvalue weighted by atomic mass is 9.85. The number of aliphatic hydroxyl groups is 1. The third-order valence-electron chi connectivity index (χ3n) is 4.50. The number of aliphatic hydroxyl groups excluding tert-OH is 1. The SMILES string of the molecule is OCCc1ccccc1OC1CCOC2(CCOCC2)C1. The summed E-state index contributed by atoms with van der Waals surface area (Å²) in [5, 5.41) is 9.16. The van der Waals surface area contributed by atoms with Crippen LogP contribution >= 0.6 is 0 Å². The Bertz CT molecular complexity index is 448. The van der Waals surface area contributed by atoms with Crippen molar-refractivity contribution >= 4 is 0 Å². The van der Waals surface area contributed by atoms with Gasteiger partial charge in [0.1, 0.15) is 11.9 Å². The van der Waals surface area contributed by atoms with Crippen LogP contribution in [0.4, 0.5) is 0 Å². The zero-order valence-corrected chi connectivity index (χ0v) is 12.4. The van der Waals surface area contributed by atoms with Gasteiger partial charge in [-0.15, -0.1) is 0 Å². The normalized spacial score (nSPS) is 24.9. The summed E-state index contributed by atoms with van der Waals surface area (Å²) >= 11 is 0. The van der Waals surface area contributed by atoms with E-state index in [9.17, 15) is 0 Å². The molecule has 0 aliphatic carbocycles. The topological polar surface area (TPSA) is 47.9 Å². The Labute approximate surface area is 126 Å². The van der Waals surface area contributed by atoms with Crippen molar-refractivity contribution in [2.45, 2.75) is 43.8 Å². The molecule has 2 saturated heterocycles. The minimum atomic E-state index is -0.0485. The maximum absolute atomic E-state index is 9.16. The number of rotatable bonds is 4. The fourth-order valence-corrected chi connectivity index (χ4v) is 3.30. The van der Waals surface area contributed by atoms with Crippen molar-refractivity contribution in [2.24, 2.45) is 0 Å². The minimum absolute atomic E-state index is 0.0485. The van der Waals surface area contributed by atoms with Gasteiger partial charge in [-0.25, -0.2) is 0 Å². The first-order valence-electron chi connectivity index (χ1n) is 7.88. The Morgan fingerprint density at radius 3 is 2.81 bits per heavy atom. The summed E-state index contributed by atoms with van der Waals surface area (Å²) in [5.74, 6) is 0.903. The average molecular weight is 292 g/mol. The van der Waals surface area contributed by atoms with E-state index in [2.05, 4.69) is 0 Å². The molecule has 0 radical (unpaired) electrons. The van der Waals surface area contributed by atoms with E-state index in [1.54, 1.807) is 0 Å². The number of ether oxygens (including phenoxy) is 3. The molecule has 1 aromatic rings. The van der Waals surface area contributed by atoms with Gasteiger partial charge in [0.15, 0.2) is 0 Å². The van der Waals surface area contributed by atoms with E-state index >= 15 is 0 Å². The second kappa shape index (κ2) is 6.77. The first-order chi connectivity index (χ1) is 10.3. The largest absolute Gasteiger partial charge is 0.490 e. The first-order valence-corrected chi connectivity index (χ1v) is 7.88. The lowest BCUT2D eigenvalue weighted by molar-refractivity contribution is -0.155. The van der Waals surface area contributed by atoms with Crippen LogP contribution < -0.4 is 4.74 Å². The van der Waals surface area contributed by atoms with E-state index in [1.807, 2.05) is 24.3 Å². The Morgan fingerprint density at radius 1 is 1.19 bits per heavy atom. The van der Waals surface area contributed by atoms with Crippen LogP contribution in [0.3, 0.4) is 0 Å². The highest BCUT2D eigenvalue weighted by molar-refractivity contribution is 5.33. The Balaban J connectivity index is 1.67. The highest BCUT2D eigenvalue weighted by atomic mass is 16.5. The predicted octanol–water partition coefficient (Wildman–Crippen LogP) is 2.33. The summed E-state index contributed by atoms with van der Waals surface area (Å²) in [6.07, 6.45) is 4.62. The molecule has 1 spiro atoms. The quantitative estimate of drug-likeness (QED) is 0.925. The summed E-state index contributed by atoms with van der Waals surface area (Å²) in [6, 6.07) is 7.99. The van der Waals surface area contributed by atoms with Gasteiger partial charge in [-0.2, -0.15) is 0 Å². The standard InChI is InChI=1S/C17H24O4/c18-9-5-14-3-1-2-4-16(14)21-15-6-10-20-17(13-15)7-11-19-12-8-17/h1-4,15,18H,5-13H2. The molecule has 0 bridgehead atoms. The van der Waals surface area contributed by atoms with Gasteiger partial charge in [0.05, 0.1) is 12.2 Å². The number of para-hydroxylation sites is 1. The number of benzene rings is 1. The van der Waals surface area contributed by atoms with Crippen molar-refractivity contribution in [1.29, 1.82) is 0 Å². The molecule has 0 amide bonds. The number of hydrogen-bond donors (Lipinski definition) is 1. The van der Waals surface area contributed by atoms with Crippen LogP contribution in [0.15, 0.2) is 24.3 Å². The van der Waals surface area contributed by atoms with Crippen LogP contribution in [0.5, 0.6) is 5.75 Å². The Kier molecular flexibility index (Phi) is 4.78. The molecule has 3 rings (SSSR count). The zero-order chi connectivity index (χ0) is 14.5. The molecule has 1 N–H and O–H groups in total. The molecule has 1 atom stereocenters. The first kappa shape index (κ1) is 14.8. The molecule has 0 saturated carbocycles. The summed E-state index contributed by atoms with van der Waals surface area (Å²) in [5.41, 5.74) is 1.03. The molecule has 2 heterocycles. The van der Waals surface area contributed by atoms with Gasteiger partial charge in [-0.05, 0) is 30.9 Å². The van der Waals surface area contributed by atoms with E-state index in [0.717, 1.165) is 56.8 Å². The van der Waals surface area contributed by atoms with Gasteiger partial charge in [-0.1, -0.05) is 18.2 Å². The van der Waals surface area contributed by atoms with Crippen LogP contribution in [0.2, 0.25) is 0 Å². The van der Waals surface area contributed by atoms with E-state index < -0.39 is 0 Å². The highest BCUT2D eigenvalue weighted by Crippen LogP contribution is 2.36. The van der Waals surface area contributed by atoms with E-state index in [4.69, 9.17) is 19.3 Å². The molecular formula is C17H24O4. The average Bonchev–Trinajstić information content (AvgIpc) is 2.50. The second-order valence-electron chi connectivity index (χ2n) is 5.96. The summed E-state index contributed by atoms with van der Waals surface area (Å²) in [7, 11) is 0. The molecule has 0 aromatic heterocycles. The molecule has 4 heteroatoms. The lowest BCUT2D eigenvalue weighted by Crippen LogP contribution is -2.47. The van der Waals surface area contributed by atoms with Gasteiger partial charge >= 0.3 is 0 Å². The van der Waals surface area contributed by atoms with Crippen molar-refractivity contribution in [3.8, 4) is 5.75 Å². The van der Waals surface area contributed by atoms with Gasteiger partial charge in [0.2, 0.25) is 0 Å². The van der Waals surface area contributed by atoms with Gasteiger partial charge in [-0.3, -0.25) is 0 Å². The molecule has 2 aliphatic rings. The van der Waals surface area contributed by atoms with Crippen molar-refractivity contribution in [1.82, 2.24) is 0 Å². The molecule has 2 aliphatic heterocycles. The highest BCUT2D eigenvalue weighted by Gasteiger charge is 2.39. The third-order valence-corrected chi connectivity index (χ3v) is 4.50. The Hall–Kier alpha value is -1.10. The fraction of sp³-hybridized carbons (Fsp3) is 0.647. The molecule has 116 valence electrons. The summed E-state index contributed by atoms with van der Waals surface area (Å²) < 4.78 is 17.7. The van der Waals surface area contributed by atoms with E-state index in [1.165, 1.54) is 0 Å². The molecule has 1 aromatic carbocycles. The third kappa shape index (κ3) is 3.57. The number of hydrogen-bond acceptors (Lipinski definition) is 4. The lowest BCUT2D eigenvalue weighted by Gasteiger charge is -2.43. The van der Waals surface area contributed by atoms with E-state index in [-0.39, 0.29) is 18.3 Å². The van der Waals surface area contributed by atoms with Crippen LogP contribution in [-0.2, 0) is 15.9 Å². The van der Waals surface area contributed by atoms with Crippen LogP contribution in [-0.4, -0.2) is 43.2 Å².